The highest BCUT2D eigenvalue weighted by Crippen LogP contribution is 2.40. The van der Waals surface area contributed by atoms with Crippen LogP contribution in [0.5, 0.6) is 17.2 Å². The van der Waals surface area contributed by atoms with Gasteiger partial charge in [0, 0.05) is 24.2 Å². The van der Waals surface area contributed by atoms with Crippen molar-refractivity contribution in [2.75, 3.05) is 34.0 Å². The lowest BCUT2D eigenvalue weighted by Crippen LogP contribution is -2.10. The van der Waals surface area contributed by atoms with Crippen molar-refractivity contribution in [1.29, 1.82) is 5.26 Å². The molecule has 0 bridgehead atoms. The van der Waals surface area contributed by atoms with Gasteiger partial charge in [0.2, 0.25) is 0 Å². The Kier molecular flexibility index (Phi) is 6.45. The normalized spacial score (nSPS) is 10.5. The maximum Gasteiger partial charge on any atom is 0.342 e. The number of nitrogens with two attached hydrogens (primary N) is 1. The van der Waals surface area contributed by atoms with Gasteiger partial charge in [-0.25, -0.2) is 4.79 Å². The predicted molar refractivity (Wildman–Crippen MR) is 112 cm³/mol. The van der Waals surface area contributed by atoms with Crippen LogP contribution in [0.1, 0.15) is 22.8 Å². The summed E-state index contributed by atoms with van der Waals surface area (Å²) in [6.45, 7) is 2.74. The number of carbonyl (C=O) groups excluding carboxylic acids is 1. The summed E-state index contributed by atoms with van der Waals surface area (Å²) in [5.74, 6) is 0.722. The van der Waals surface area contributed by atoms with Gasteiger partial charge in [0.15, 0.2) is 11.5 Å². The average molecular weight is 409 g/mol. The van der Waals surface area contributed by atoms with E-state index < -0.39 is 5.97 Å². The van der Waals surface area contributed by atoms with Gasteiger partial charge < -0.3 is 29.2 Å². The summed E-state index contributed by atoms with van der Waals surface area (Å²) in [6.07, 6.45) is 1.71. The molecular weight excluding hydrogens is 386 g/mol. The lowest BCUT2D eigenvalue weighted by Gasteiger charge is -2.17. The molecule has 0 spiro atoms. The molecule has 0 fully saturated rings. The van der Waals surface area contributed by atoms with Crippen LogP contribution >= 0.6 is 0 Å². The fraction of sp³-hybridized carbons (Fsp3) is 0.273. The van der Waals surface area contributed by atoms with E-state index in [0.717, 1.165) is 10.9 Å². The molecule has 2 N–H and O–H groups in total. The monoisotopic (exact) mass is 409 g/mol. The number of nitriles is 1. The van der Waals surface area contributed by atoms with Crippen molar-refractivity contribution < 1.29 is 23.7 Å². The van der Waals surface area contributed by atoms with Crippen LogP contribution in [0.3, 0.4) is 0 Å². The number of hydrogen-bond acceptors (Lipinski definition) is 7. The Balaban J connectivity index is 2.23. The summed E-state index contributed by atoms with van der Waals surface area (Å²) in [7, 11) is 2.95. The zero-order chi connectivity index (χ0) is 21.7. The fourth-order valence-corrected chi connectivity index (χ4v) is 3.27. The molecule has 3 aromatic rings. The van der Waals surface area contributed by atoms with Crippen LogP contribution in [-0.2, 0) is 4.74 Å². The molecule has 0 saturated carbocycles. The third-order valence-electron chi connectivity index (χ3n) is 4.54. The van der Waals surface area contributed by atoms with Gasteiger partial charge in [0.25, 0.3) is 0 Å². The molecule has 0 aliphatic rings. The molecule has 8 heteroatoms. The molecule has 0 saturated heterocycles. The highest BCUT2D eigenvalue weighted by molar-refractivity contribution is 5.95. The van der Waals surface area contributed by atoms with E-state index in [9.17, 15) is 10.1 Å². The van der Waals surface area contributed by atoms with Gasteiger partial charge in [-0.15, -0.1) is 0 Å². The molecule has 30 heavy (non-hydrogen) atoms. The van der Waals surface area contributed by atoms with Crippen molar-refractivity contribution in [1.82, 2.24) is 4.57 Å². The molecule has 1 aromatic heterocycles. The van der Waals surface area contributed by atoms with E-state index in [1.54, 1.807) is 35.9 Å². The lowest BCUT2D eigenvalue weighted by atomic mass is 10.1. The largest absolute Gasteiger partial charge is 0.492 e. The summed E-state index contributed by atoms with van der Waals surface area (Å²) < 4.78 is 23.6. The number of benzene rings is 2. The van der Waals surface area contributed by atoms with Gasteiger partial charge >= 0.3 is 5.97 Å². The highest BCUT2D eigenvalue weighted by atomic mass is 16.5. The zero-order valence-corrected chi connectivity index (χ0v) is 17.1. The Hall–Kier alpha value is -3.70. The Bertz CT molecular complexity index is 1110. The third-order valence-corrected chi connectivity index (χ3v) is 4.54. The Morgan fingerprint density at radius 2 is 1.93 bits per heavy atom. The molecule has 2 aromatic carbocycles. The molecule has 156 valence electrons. The van der Waals surface area contributed by atoms with Gasteiger partial charge in [-0.05, 0) is 31.2 Å². The Morgan fingerprint density at radius 3 is 2.57 bits per heavy atom. The fourth-order valence-electron chi connectivity index (χ4n) is 3.27. The molecular formula is C22H23N3O5. The SMILES string of the molecule is CCOC(=O)c1ccc(-n2cc(C#N)c3ccc(OCCN)cc32)c(OC)c1OC. The van der Waals surface area contributed by atoms with Crippen molar-refractivity contribution in [3.05, 3.63) is 47.7 Å². The van der Waals surface area contributed by atoms with E-state index in [2.05, 4.69) is 6.07 Å². The van der Waals surface area contributed by atoms with Crippen LogP contribution < -0.4 is 19.9 Å². The maximum absolute atomic E-state index is 12.3. The van der Waals surface area contributed by atoms with Crippen LogP contribution in [0.25, 0.3) is 16.6 Å². The first-order chi connectivity index (χ1) is 14.6. The Morgan fingerprint density at radius 1 is 1.17 bits per heavy atom. The summed E-state index contributed by atoms with van der Waals surface area (Å²) in [5.41, 5.74) is 7.61. The van der Waals surface area contributed by atoms with Gasteiger partial charge in [0.1, 0.15) is 24.0 Å². The summed E-state index contributed by atoms with van der Waals surface area (Å²) in [6, 6.07) is 11.0. The number of aromatic nitrogens is 1. The summed E-state index contributed by atoms with van der Waals surface area (Å²) in [4.78, 5) is 12.3. The molecule has 0 atom stereocenters. The van der Waals surface area contributed by atoms with E-state index in [-0.39, 0.29) is 17.9 Å². The molecule has 1 heterocycles. The van der Waals surface area contributed by atoms with E-state index in [1.807, 2.05) is 12.1 Å². The van der Waals surface area contributed by atoms with E-state index in [4.69, 9.17) is 24.7 Å². The minimum atomic E-state index is -0.508. The van der Waals surface area contributed by atoms with Gasteiger partial charge in [-0.2, -0.15) is 5.26 Å². The summed E-state index contributed by atoms with van der Waals surface area (Å²) >= 11 is 0. The quantitative estimate of drug-likeness (QED) is 0.570. The minimum absolute atomic E-state index is 0.241. The number of ether oxygens (including phenoxy) is 4. The second kappa shape index (κ2) is 9.20. The molecule has 8 nitrogen and oxygen atoms in total. The molecule has 0 amide bonds. The number of carbonyl (C=O) groups is 1. The number of esters is 1. The highest BCUT2D eigenvalue weighted by Gasteiger charge is 2.23. The van der Waals surface area contributed by atoms with Crippen molar-refractivity contribution in [2.45, 2.75) is 6.92 Å². The molecule has 3 rings (SSSR count). The molecule has 0 radical (unpaired) electrons. The van der Waals surface area contributed by atoms with E-state index in [0.29, 0.717) is 35.9 Å². The summed E-state index contributed by atoms with van der Waals surface area (Å²) in [5, 5.41) is 10.3. The minimum Gasteiger partial charge on any atom is -0.492 e. The van der Waals surface area contributed by atoms with Crippen LogP contribution in [0.4, 0.5) is 0 Å². The lowest BCUT2D eigenvalue weighted by molar-refractivity contribution is 0.0522. The second-order valence-electron chi connectivity index (χ2n) is 6.26. The van der Waals surface area contributed by atoms with Crippen LogP contribution in [0.15, 0.2) is 36.5 Å². The second-order valence-corrected chi connectivity index (χ2v) is 6.26. The smallest absolute Gasteiger partial charge is 0.342 e. The standard InChI is InChI=1S/C22H23N3O5/c1-4-29-22(26)17-7-8-18(21(28-3)20(17)27-2)25-13-14(12-24)16-6-5-15(11-19(16)25)30-10-9-23/h5-8,11,13H,4,9-10,23H2,1-3H3. The van der Waals surface area contributed by atoms with Crippen molar-refractivity contribution >= 4 is 16.9 Å². The van der Waals surface area contributed by atoms with Crippen LogP contribution in [-0.4, -0.2) is 44.5 Å². The van der Waals surface area contributed by atoms with Gasteiger partial charge in [-0.1, -0.05) is 0 Å². The number of methoxy groups -OCH3 is 2. The van der Waals surface area contributed by atoms with Gasteiger partial charge in [-0.3, -0.25) is 0 Å². The number of hydrogen-bond donors (Lipinski definition) is 1. The van der Waals surface area contributed by atoms with Crippen molar-refractivity contribution in [3.8, 4) is 29.0 Å². The number of fused-ring (bicyclic) bond motifs is 1. The number of nitrogens with zero attached hydrogens (tertiary/aromatic N) is 2. The van der Waals surface area contributed by atoms with Crippen LogP contribution in [0, 0.1) is 11.3 Å². The first-order valence-corrected chi connectivity index (χ1v) is 9.40. The van der Waals surface area contributed by atoms with Crippen LogP contribution in [0.2, 0.25) is 0 Å². The van der Waals surface area contributed by atoms with Gasteiger partial charge in [0.05, 0.1) is 37.6 Å². The molecule has 0 aliphatic heterocycles. The first kappa shape index (κ1) is 21.0. The first-order valence-electron chi connectivity index (χ1n) is 9.40. The maximum atomic E-state index is 12.3. The molecule has 0 aliphatic carbocycles. The topological polar surface area (TPSA) is 109 Å². The average Bonchev–Trinajstić information content (AvgIpc) is 3.14. The van der Waals surface area contributed by atoms with Crippen molar-refractivity contribution in [2.24, 2.45) is 5.73 Å². The van der Waals surface area contributed by atoms with Crippen molar-refractivity contribution in [3.63, 3.8) is 0 Å². The zero-order valence-electron chi connectivity index (χ0n) is 17.1. The van der Waals surface area contributed by atoms with E-state index in [1.165, 1.54) is 14.2 Å². The van der Waals surface area contributed by atoms with E-state index >= 15 is 0 Å². The molecule has 0 unspecified atom stereocenters. The third kappa shape index (κ3) is 3.75. The Labute approximate surface area is 174 Å². The number of rotatable bonds is 8. The predicted octanol–water partition coefficient (Wildman–Crippen LogP) is 3.03.